The molecule has 0 saturated carbocycles. The molecule has 0 aliphatic carbocycles. The SMILES string of the molecule is O=C(O)CCNc1n[n+](O)c2cc(-c3cncs3)ccc2[n+]1O. The minimum absolute atomic E-state index is 0.0628. The van der Waals surface area contributed by atoms with Crippen LogP contribution in [-0.4, -0.2) is 38.1 Å². The molecule has 2 aromatic heterocycles. The molecule has 0 amide bonds. The van der Waals surface area contributed by atoms with Gasteiger partial charge in [-0.15, -0.1) is 11.3 Å². The van der Waals surface area contributed by atoms with Crippen LogP contribution in [0.1, 0.15) is 6.42 Å². The largest absolute Gasteiger partial charge is 0.500 e. The summed E-state index contributed by atoms with van der Waals surface area (Å²) in [5, 5.41) is 35.3. The molecule has 0 aliphatic heterocycles. The van der Waals surface area contributed by atoms with Crippen LogP contribution in [0.5, 0.6) is 0 Å². The van der Waals surface area contributed by atoms with Gasteiger partial charge in [-0.3, -0.25) is 15.1 Å². The molecule has 23 heavy (non-hydrogen) atoms. The van der Waals surface area contributed by atoms with Gasteiger partial charge in [-0.2, -0.15) is 0 Å². The fraction of sp³-hybridized carbons (Fsp3) is 0.154. The quantitative estimate of drug-likeness (QED) is 0.390. The van der Waals surface area contributed by atoms with E-state index in [2.05, 4.69) is 15.4 Å². The molecule has 0 radical (unpaired) electrons. The van der Waals surface area contributed by atoms with E-state index in [9.17, 15) is 15.2 Å². The minimum atomic E-state index is -0.978. The van der Waals surface area contributed by atoms with E-state index in [0.29, 0.717) is 15.9 Å². The van der Waals surface area contributed by atoms with E-state index in [1.807, 2.05) is 0 Å². The van der Waals surface area contributed by atoms with Gasteiger partial charge in [0.1, 0.15) is 0 Å². The lowest BCUT2D eigenvalue weighted by Gasteiger charge is -2.00. The number of aromatic nitrogens is 4. The van der Waals surface area contributed by atoms with E-state index in [1.165, 1.54) is 11.3 Å². The lowest BCUT2D eigenvalue weighted by Crippen LogP contribution is -2.47. The van der Waals surface area contributed by atoms with Crippen molar-refractivity contribution in [3.05, 3.63) is 29.9 Å². The molecule has 0 unspecified atom stereocenters. The number of carboxylic acid groups (broad SMARTS) is 1. The Kier molecular flexibility index (Phi) is 3.89. The molecule has 0 aliphatic rings. The highest BCUT2D eigenvalue weighted by Crippen LogP contribution is 2.24. The number of anilines is 1. The van der Waals surface area contributed by atoms with Gasteiger partial charge in [0.05, 0.1) is 23.4 Å². The number of hydrogen-bond donors (Lipinski definition) is 4. The maximum atomic E-state index is 10.5. The fourth-order valence-electron chi connectivity index (χ4n) is 2.07. The lowest BCUT2D eigenvalue weighted by atomic mass is 10.2. The van der Waals surface area contributed by atoms with Gasteiger partial charge in [-0.1, -0.05) is 0 Å². The zero-order valence-corrected chi connectivity index (χ0v) is 12.6. The normalized spacial score (nSPS) is 10.8. The van der Waals surface area contributed by atoms with Gasteiger partial charge in [0.2, 0.25) is 10.4 Å². The first-order valence-electron chi connectivity index (χ1n) is 6.61. The number of rotatable bonds is 5. The Balaban J connectivity index is 1.99. The van der Waals surface area contributed by atoms with Crippen LogP contribution in [0.2, 0.25) is 0 Å². The van der Waals surface area contributed by atoms with E-state index < -0.39 is 5.97 Å². The van der Waals surface area contributed by atoms with Gasteiger partial charge in [0.25, 0.3) is 5.10 Å². The standard InChI is InChI=1S/C13H11N5O4S/c19-12(20)3-4-15-13-16-18(22)10-5-8(11-6-14-7-23-11)1-2-9(10)17(13)21/h1-2,5-7,21H,3-4H2,(H-,15,16,19,20,22)/p+2. The van der Waals surface area contributed by atoms with Gasteiger partial charge in [-0.25, -0.2) is 5.21 Å². The number of carbonyl (C=O) groups is 1. The maximum Gasteiger partial charge on any atom is 0.500 e. The van der Waals surface area contributed by atoms with Crippen LogP contribution in [0, 0.1) is 0 Å². The monoisotopic (exact) mass is 335 g/mol. The van der Waals surface area contributed by atoms with Crippen LogP contribution < -0.4 is 14.9 Å². The van der Waals surface area contributed by atoms with Crippen molar-refractivity contribution in [1.29, 1.82) is 0 Å². The first kappa shape index (κ1) is 14.9. The molecule has 0 spiro atoms. The summed E-state index contributed by atoms with van der Waals surface area (Å²) in [6.45, 7) is 0.0628. The zero-order chi connectivity index (χ0) is 16.4. The van der Waals surface area contributed by atoms with Crippen molar-refractivity contribution in [3.63, 3.8) is 0 Å². The molecule has 0 fully saturated rings. The average Bonchev–Trinajstić information content (AvgIpc) is 3.05. The number of nitrogens with one attached hydrogen (secondary N) is 1. The predicted octanol–water partition coefficient (Wildman–Crippen LogP) is 0.295. The van der Waals surface area contributed by atoms with E-state index in [1.54, 1.807) is 29.9 Å². The molecule has 9 nitrogen and oxygen atoms in total. The summed E-state index contributed by atoms with van der Waals surface area (Å²) in [7, 11) is 0. The molecular formula is C13H13N5O4S+2. The molecule has 118 valence electrons. The highest BCUT2D eigenvalue weighted by molar-refractivity contribution is 7.13. The van der Waals surface area contributed by atoms with Crippen LogP contribution >= 0.6 is 11.3 Å². The number of fused-ring (bicyclic) bond motifs is 1. The molecule has 3 aromatic rings. The van der Waals surface area contributed by atoms with E-state index >= 15 is 0 Å². The molecule has 0 bridgehead atoms. The van der Waals surface area contributed by atoms with Crippen LogP contribution in [0.15, 0.2) is 29.9 Å². The third kappa shape index (κ3) is 2.97. The maximum absolute atomic E-state index is 10.5. The molecule has 2 heterocycles. The molecule has 1 aromatic carbocycles. The minimum Gasteiger partial charge on any atom is -0.481 e. The molecule has 0 saturated heterocycles. The van der Waals surface area contributed by atoms with Crippen LogP contribution in [0.3, 0.4) is 0 Å². The highest BCUT2D eigenvalue weighted by atomic mass is 32.1. The third-order valence-corrected chi connectivity index (χ3v) is 3.97. The number of aliphatic carboxylic acids is 1. The second-order valence-corrected chi connectivity index (χ2v) is 5.55. The van der Waals surface area contributed by atoms with Gasteiger partial charge in [0.15, 0.2) is 0 Å². The first-order valence-corrected chi connectivity index (χ1v) is 7.49. The second kappa shape index (κ2) is 6.01. The third-order valence-electron chi connectivity index (χ3n) is 3.15. The molecule has 10 heteroatoms. The zero-order valence-electron chi connectivity index (χ0n) is 11.7. The van der Waals surface area contributed by atoms with E-state index in [-0.39, 0.29) is 18.9 Å². The van der Waals surface area contributed by atoms with Crippen molar-refractivity contribution < 1.29 is 29.9 Å². The Hall–Kier alpha value is -3.01. The van der Waals surface area contributed by atoms with Gasteiger partial charge >= 0.3 is 17.4 Å². The van der Waals surface area contributed by atoms with Crippen LogP contribution in [-0.2, 0) is 4.79 Å². The van der Waals surface area contributed by atoms with Crippen molar-refractivity contribution in [2.75, 3.05) is 11.9 Å². The Bertz CT molecular complexity index is 868. The molecule has 0 atom stereocenters. The van der Waals surface area contributed by atoms with E-state index in [0.717, 1.165) is 15.2 Å². The van der Waals surface area contributed by atoms with Crippen molar-refractivity contribution >= 4 is 34.3 Å². The Morgan fingerprint density at radius 2 is 2.13 bits per heavy atom. The summed E-state index contributed by atoms with van der Waals surface area (Å²) in [4.78, 5) is 16.1. The fourth-order valence-corrected chi connectivity index (χ4v) is 2.69. The Labute approximate surface area is 133 Å². The topological polar surface area (TPSA) is 123 Å². The van der Waals surface area contributed by atoms with Crippen molar-refractivity contribution in [2.24, 2.45) is 0 Å². The Morgan fingerprint density at radius 1 is 1.30 bits per heavy atom. The number of nitrogens with zero attached hydrogens (tertiary/aromatic N) is 4. The van der Waals surface area contributed by atoms with Gasteiger partial charge < -0.3 is 10.3 Å². The number of carboxylic acids is 1. The number of hydrogen-bond acceptors (Lipinski definition) is 7. The Morgan fingerprint density at radius 3 is 2.83 bits per heavy atom. The van der Waals surface area contributed by atoms with Crippen molar-refractivity contribution in [3.8, 4) is 10.4 Å². The molecule has 3 rings (SSSR count). The van der Waals surface area contributed by atoms with Crippen molar-refractivity contribution in [2.45, 2.75) is 6.42 Å². The number of thiazole rings is 1. The van der Waals surface area contributed by atoms with Gasteiger partial charge in [0, 0.05) is 17.8 Å². The highest BCUT2D eigenvalue weighted by Gasteiger charge is 2.27. The molecule has 4 N–H and O–H groups in total. The second-order valence-electron chi connectivity index (χ2n) is 4.66. The summed E-state index contributed by atoms with van der Waals surface area (Å²) in [6.07, 6.45) is 1.56. The van der Waals surface area contributed by atoms with Crippen LogP contribution in [0.4, 0.5) is 5.95 Å². The van der Waals surface area contributed by atoms with Crippen molar-refractivity contribution in [1.82, 2.24) is 10.1 Å². The van der Waals surface area contributed by atoms with Gasteiger partial charge in [-0.05, 0) is 16.9 Å². The molecular weight excluding hydrogens is 322 g/mol. The smallest absolute Gasteiger partial charge is 0.481 e. The lowest BCUT2D eigenvalue weighted by molar-refractivity contribution is -0.950. The summed E-state index contributed by atoms with van der Waals surface area (Å²) in [5.74, 6) is -1.04. The summed E-state index contributed by atoms with van der Waals surface area (Å²) >= 11 is 1.45. The first-order chi connectivity index (χ1) is 11.1. The number of benzene rings is 1. The van der Waals surface area contributed by atoms with Crippen LogP contribution in [0.25, 0.3) is 21.5 Å². The van der Waals surface area contributed by atoms with E-state index in [4.69, 9.17) is 5.11 Å². The summed E-state index contributed by atoms with van der Waals surface area (Å²) < 4.78 is 0.764. The average molecular weight is 335 g/mol. The summed E-state index contributed by atoms with van der Waals surface area (Å²) in [6, 6.07) is 5.08. The summed E-state index contributed by atoms with van der Waals surface area (Å²) in [5.41, 5.74) is 3.14. The predicted molar refractivity (Wildman–Crippen MR) is 78.4 cm³/mol.